The van der Waals surface area contributed by atoms with Crippen molar-refractivity contribution in [3.8, 4) is 11.1 Å². The Morgan fingerprint density at radius 2 is 1.75 bits per heavy atom. The van der Waals surface area contributed by atoms with Gasteiger partial charge in [0.05, 0.1) is 18.2 Å². The predicted octanol–water partition coefficient (Wildman–Crippen LogP) is 6.75. The number of aryl methyl sites for hydroxylation is 2. The topological polar surface area (TPSA) is 68.7 Å². The SMILES string of the molecule is CCO[C@H](C(=O)N(C=O)[C@@H](COC)Cc1ccccc1)c1c(C)nc2ccc(Cl)cc2c1-c1ccc(CC)cc1. The molecule has 3 aromatic carbocycles. The van der Waals surface area contributed by atoms with Crippen molar-refractivity contribution in [1.29, 1.82) is 0 Å². The van der Waals surface area contributed by atoms with Crippen molar-refractivity contribution < 1.29 is 19.1 Å². The molecule has 0 bridgehead atoms. The molecule has 0 spiro atoms. The zero-order valence-corrected chi connectivity index (χ0v) is 24.1. The fourth-order valence-corrected chi connectivity index (χ4v) is 5.30. The first-order valence-electron chi connectivity index (χ1n) is 13.5. The number of carbonyl (C=O) groups is 2. The van der Waals surface area contributed by atoms with Crippen molar-refractivity contribution in [2.75, 3.05) is 20.3 Å². The van der Waals surface area contributed by atoms with E-state index in [2.05, 4.69) is 19.1 Å². The Hall–Kier alpha value is -3.58. The van der Waals surface area contributed by atoms with Crippen LogP contribution in [-0.2, 0) is 31.9 Å². The predicted molar refractivity (Wildman–Crippen MR) is 159 cm³/mol. The summed E-state index contributed by atoms with van der Waals surface area (Å²) >= 11 is 6.45. The smallest absolute Gasteiger partial charge is 0.263 e. The third kappa shape index (κ3) is 6.41. The van der Waals surface area contributed by atoms with Crippen molar-refractivity contribution >= 4 is 34.8 Å². The number of hydrogen-bond donors (Lipinski definition) is 0. The number of fused-ring (bicyclic) bond motifs is 1. The Balaban J connectivity index is 1.88. The second kappa shape index (κ2) is 13.7. The number of nitrogens with zero attached hydrogens (tertiary/aromatic N) is 2. The molecule has 4 aromatic rings. The third-order valence-electron chi connectivity index (χ3n) is 7.08. The van der Waals surface area contributed by atoms with E-state index >= 15 is 0 Å². The van der Waals surface area contributed by atoms with Crippen molar-refractivity contribution in [3.05, 3.63) is 100 Å². The molecule has 0 aliphatic carbocycles. The zero-order chi connectivity index (χ0) is 28.6. The van der Waals surface area contributed by atoms with E-state index in [0.29, 0.717) is 29.1 Å². The van der Waals surface area contributed by atoms with Gasteiger partial charge in [0.15, 0.2) is 6.10 Å². The quantitative estimate of drug-likeness (QED) is 0.180. The van der Waals surface area contributed by atoms with E-state index in [-0.39, 0.29) is 13.2 Å². The van der Waals surface area contributed by atoms with Gasteiger partial charge in [0.2, 0.25) is 6.41 Å². The van der Waals surface area contributed by atoms with Crippen LogP contribution in [0.3, 0.4) is 0 Å². The van der Waals surface area contributed by atoms with Gasteiger partial charge in [-0.15, -0.1) is 0 Å². The van der Waals surface area contributed by atoms with Crippen molar-refractivity contribution in [2.45, 2.75) is 45.8 Å². The fraction of sp³-hybridized carbons (Fsp3) is 0.303. The van der Waals surface area contributed by atoms with Gasteiger partial charge < -0.3 is 9.47 Å². The number of hydrogen-bond acceptors (Lipinski definition) is 5. The first-order valence-corrected chi connectivity index (χ1v) is 13.9. The summed E-state index contributed by atoms with van der Waals surface area (Å²) in [6.07, 6.45) is 0.874. The maximum Gasteiger partial charge on any atom is 0.263 e. The number of imide groups is 1. The molecule has 1 heterocycles. The van der Waals surface area contributed by atoms with E-state index in [4.69, 9.17) is 26.1 Å². The highest BCUT2D eigenvalue weighted by Crippen LogP contribution is 2.39. The number of ether oxygens (including phenoxy) is 2. The Labute approximate surface area is 240 Å². The van der Waals surface area contributed by atoms with Crippen LogP contribution >= 0.6 is 11.6 Å². The van der Waals surface area contributed by atoms with Gasteiger partial charge in [-0.1, -0.05) is 73.1 Å². The number of pyridine rings is 1. The summed E-state index contributed by atoms with van der Waals surface area (Å²) in [7, 11) is 1.56. The average molecular weight is 559 g/mol. The van der Waals surface area contributed by atoms with Crippen LogP contribution in [0.5, 0.6) is 0 Å². The summed E-state index contributed by atoms with van der Waals surface area (Å²) in [4.78, 5) is 32.8. The lowest BCUT2D eigenvalue weighted by Gasteiger charge is -2.31. The van der Waals surface area contributed by atoms with E-state index in [1.54, 1.807) is 13.2 Å². The lowest BCUT2D eigenvalue weighted by Crippen LogP contribution is -2.46. The highest BCUT2D eigenvalue weighted by atomic mass is 35.5. The normalized spacial score (nSPS) is 12.7. The largest absolute Gasteiger partial charge is 0.383 e. The first-order chi connectivity index (χ1) is 19.4. The summed E-state index contributed by atoms with van der Waals surface area (Å²) in [5.74, 6) is -0.465. The number of methoxy groups -OCH3 is 1. The van der Waals surface area contributed by atoms with Crippen LogP contribution in [0.1, 0.15) is 42.3 Å². The molecule has 2 amide bonds. The zero-order valence-electron chi connectivity index (χ0n) is 23.4. The van der Waals surface area contributed by atoms with E-state index in [1.165, 1.54) is 10.5 Å². The van der Waals surface area contributed by atoms with Crippen LogP contribution in [0.15, 0.2) is 72.8 Å². The van der Waals surface area contributed by atoms with Gasteiger partial charge >= 0.3 is 0 Å². The van der Waals surface area contributed by atoms with Crippen LogP contribution < -0.4 is 0 Å². The summed E-state index contributed by atoms with van der Waals surface area (Å²) in [5, 5.41) is 1.37. The molecule has 0 saturated heterocycles. The monoisotopic (exact) mass is 558 g/mol. The van der Waals surface area contributed by atoms with Gasteiger partial charge in [-0.25, -0.2) is 0 Å². The minimum absolute atomic E-state index is 0.189. The molecular weight excluding hydrogens is 524 g/mol. The Bertz CT molecular complexity index is 1460. The standard InChI is InChI=1S/C33H35ClN2O4/c1-5-23-12-14-25(15-13-23)31-28-19-26(34)16-17-29(28)35-22(3)30(31)32(40-6-2)33(38)36(21-37)27(20-39-4)18-24-10-8-7-9-11-24/h7-17,19,21,27,32H,5-6,18,20H2,1-4H3/t27-,32+/m1/s1. The van der Waals surface area contributed by atoms with Gasteiger partial charge in [-0.2, -0.15) is 0 Å². The fourth-order valence-electron chi connectivity index (χ4n) is 5.13. The van der Waals surface area contributed by atoms with Crippen LogP contribution in [0.4, 0.5) is 0 Å². The van der Waals surface area contributed by atoms with Gasteiger partial charge in [-0.3, -0.25) is 19.5 Å². The van der Waals surface area contributed by atoms with Crippen molar-refractivity contribution in [3.63, 3.8) is 0 Å². The lowest BCUT2D eigenvalue weighted by molar-refractivity contribution is -0.152. The Kier molecular flexibility index (Phi) is 10.0. The molecule has 4 rings (SSSR count). The molecule has 1 aromatic heterocycles. The van der Waals surface area contributed by atoms with E-state index in [1.807, 2.05) is 68.4 Å². The van der Waals surface area contributed by atoms with Crippen molar-refractivity contribution in [1.82, 2.24) is 9.88 Å². The molecule has 2 atom stereocenters. The number of aromatic nitrogens is 1. The van der Waals surface area contributed by atoms with E-state index < -0.39 is 18.1 Å². The average Bonchev–Trinajstić information content (AvgIpc) is 2.97. The minimum atomic E-state index is -1.07. The maximum atomic E-state index is 14.3. The van der Waals surface area contributed by atoms with E-state index in [0.717, 1.165) is 34.0 Å². The Morgan fingerprint density at radius 1 is 1.02 bits per heavy atom. The summed E-state index contributed by atoms with van der Waals surface area (Å²) in [6, 6.07) is 23.0. The summed E-state index contributed by atoms with van der Waals surface area (Å²) in [6.45, 7) is 6.26. The number of carbonyl (C=O) groups excluding carboxylic acids is 2. The van der Waals surface area contributed by atoms with Crippen LogP contribution in [0.2, 0.25) is 5.02 Å². The second-order valence-electron chi connectivity index (χ2n) is 9.68. The maximum absolute atomic E-state index is 14.3. The molecule has 208 valence electrons. The van der Waals surface area contributed by atoms with Crippen LogP contribution in [-0.4, -0.2) is 48.6 Å². The molecule has 0 saturated carbocycles. The summed E-state index contributed by atoms with van der Waals surface area (Å²) < 4.78 is 11.6. The highest BCUT2D eigenvalue weighted by Gasteiger charge is 2.35. The lowest BCUT2D eigenvalue weighted by atomic mass is 9.90. The minimum Gasteiger partial charge on any atom is -0.383 e. The molecule has 0 aliphatic rings. The molecular formula is C33H35ClN2O4. The molecule has 0 fully saturated rings. The Morgan fingerprint density at radius 3 is 2.38 bits per heavy atom. The van der Waals surface area contributed by atoms with Crippen molar-refractivity contribution in [2.24, 2.45) is 0 Å². The number of amides is 2. The number of benzene rings is 3. The van der Waals surface area contributed by atoms with Crippen LogP contribution in [0, 0.1) is 6.92 Å². The van der Waals surface area contributed by atoms with Crippen LogP contribution in [0.25, 0.3) is 22.0 Å². The molecule has 0 aliphatic heterocycles. The van der Waals surface area contributed by atoms with Gasteiger partial charge in [0, 0.05) is 35.4 Å². The number of rotatable bonds is 12. The molecule has 0 radical (unpaired) electrons. The summed E-state index contributed by atoms with van der Waals surface area (Å²) in [5.41, 5.74) is 5.95. The molecule has 7 heteroatoms. The van der Waals surface area contributed by atoms with Gasteiger partial charge in [0.1, 0.15) is 0 Å². The van der Waals surface area contributed by atoms with Gasteiger partial charge in [0.25, 0.3) is 5.91 Å². The number of halogens is 1. The molecule has 6 nitrogen and oxygen atoms in total. The van der Waals surface area contributed by atoms with Gasteiger partial charge in [-0.05, 0) is 67.1 Å². The third-order valence-corrected chi connectivity index (χ3v) is 7.32. The highest BCUT2D eigenvalue weighted by molar-refractivity contribution is 6.31. The molecule has 0 N–H and O–H groups in total. The first kappa shape index (κ1) is 29.4. The molecule has 0 unspecified atom stereocenters. The molecule has 40 heavy (non-hydrogen) atoms. The second-order valence-corrected chi connectivity index (χ2v) is 10.1. The van der Waals surface area contributed by atoms with E-state index in [9.17, 15) is 9.59 Å².